The molecule has 11 heavy (non-hydrogen) atoms. The first-order valence-corrected chi connectivity index (χ1v) is 3.04. The molecule has 1 aromatic heterocycles. The fourth-order valence-electron chi connectivity index (χ4n) is 0.735. The molecule has 0 aliphatic heterocycles. The van der Waals surface area contributed by atoms with Gasteiger partial charge in [0.1, 0.15) is 0 Å². The second kappa shape index (κ2) is 2.57. The largest absolute Gasteiger partial charge is 0.619 e. The Labute approximate surface area is 63.3 Å². The van der Waals surface area contributed by atoms with E-state index in [4.69, 9.17) is 5.11 Å². The fraction of sp³-hybridized carbons (Fsp3) is 0.143. The van der Waals surface area contributed by atoms with E-state index < -0.39 is 5.97 Å². The van der Waals surface area contributed by atoms with Crippen molar-refractivity contribution in [1.29, 1.82) is 0 Å². The number of carbonyl (C=O) groups is 1. The van der Waals surface area contributed by atoms with E-state index in [0.717, 1.165) is 0 Å². The van der Waals surface area contributed by atoms with Crippen LogP contribution in [0.5, 0.6) is 0 Å². The van der Waals surface area contributed by atoms with Gasteiger partial charge in [-0.3, -0.25) is 0 Å². The van der Waals surface area contributed by atoms with Crippen molar-refractivity contribution in [2.45, 2.75) is 6.92 Å². The van der Waals surface area contributed by atoms with Crippen LogP contribution in [0.2, 0.25) is 0 Å². The lowest BCUT2D eigenvalue weighted by molar-refractivity contribution is -0.612. The van der Waals surface area contributed by atoms with Crippen LogP contribution in [0.25, 0.3) is 0 Å². The topological polar surface area (TPSA) is 64.2 Å². The van der Waals surface area contributed by atoms with E-state index in [1.54, 1.807) is 6.92 Å². The van der Waals surface area contributed by atoms with Gasteiger partial charge in [0, 0.05) is 19.1 Å². The quantitative estimate of drug-likeness (QED) is 0.467. The van der Waals surface area contributed by atoms with Crippen molar-refractivity contribution in [3.8, 4) is 0 Å². The van der Waals surface area contributed by atoms with Crippen LogP contribution in [0.3, 0.4) is 0 Å². The highest BCUT2D eigenvalue weighted by Gasteiger charge is 2.06. The summed E-state index contributed by atoms with van der Waals surface area (Å²) >= 11 is 0. The summed E-state index contributed by atoms with van der Waals surface area (Å²) in [6, 6.07) is 2.59. The molecule has 0 aromatic carbocycles. The molecule has 0 saturated heterocycles. The number of carboxylic acid groups (broad SMARTS) is 1. The fourth-order valence-corrected chi connectivity index (χ4v) is 0.735. The lowest BCUT2D eigenvalue weighted by atomic mass is 10.2. The van der Waals surface area contributed by atoms with Gasteiger partial charge in [-0.2, -0.15) is 4.73 Å². The number of rotatable bonds is 1. The maximum Gasteiger partial charge on any atom is 0.336 e. The third kappa shape index (κ3) is 1.46. The van der Waals surface area contributed by atoms with Crippen LogP contribution < -0.4 is 4.73 Å². The van der Waals surface area contributed by atoms with E-state index in [2.05, 4.69) is 0 Å². The average Bonchev–Trinajstić information content (AvgIpc) is 1.94. The van der Waals surface area contributed by atoms with Crippen LogP contribution in [-0.4, -0.2) is 11.1 Å². The van der Waals surface area contributed by atoms with Gasteiger partial charge in [0.25, 0.3) is 0 Å². The Morgan fingerprint density at radius 1 is 1.73 bits per heavy atom. The van der Waals surface area contributed by atoms with E-state index in [1.165, 1.54) is 18.3 Å². The minimum absolute atomic E-state index is 0.134. The number of aryl methyl sites for hydroxylation is 1. The van der Waals surface area contributed by atoms with Gasteiger partial charge in [0.05, 0.1) is 5.56 Å². The Balaban J connectivity index is 3.15. The van der Waals surface area contributed by atoms with Crippen LogP contribution in [0.4, 0.5) is 0 Å². The van der Waals surface area contributed by atoms with E-state index in [-0.39, 0.29) is 5.56 Å². The highest BCUT2D eigenvalue weighted by Crippen LogP contribution is 1.97. The molecular formula is C7H7NO3. The van der Waals surface area contributed by atoms with Crippen molar-refractivity contribution >= 4 is 5.97 Å². The molecule has 0 bridgehead atoms. The standard InChI is InChI=1S/C7H7NO3/c1-5-4-6(7(9)10)2-3-8(5)11/h2-4H,1H3,(H,9,10). The van der Waals surface area contributed by atoms with Crippen LogP contribution >= 0.6 is 0 Å². The van der Waals surface area contributed by atoms with E-state index in [1.807, 2.05) is 0 Å². The number of hydrogen-bond acceptors (Lipinski definition) is 2. The van der Waals surface area contributed by atoms with Crippen molar-refractivity contribution in [3.63, 3.8) is 0 Å². The van der Waals surface area contributed by atoms with Crippen molar-refractivity contribution < 1.29 is 14.6 Å². The average molecular weight is 153 g/mol. The van der Waals surface area contributed by atoms with Crippen LogP contribution in [0.1, 0.15) is 16.1 Å². The first-order valence-electron chi connectivity index (χ1n) is 3.04. The lowest BCUT2D eigenvalue weighted by Gasteiger charge is -1.99. The first-order chi connectivity index (χ1) is 5.11. The predicted octanol–water partition coefficient (Wildman–Crippen LogP) is 0.327. The van der Waals surface area contributed by atoms with Crippen molar-refractivity contribution in [2.75, 3.05) is 0 Å². The zero-order valence-corrected chi connectivity index (χ0v) is 5.94. The van der Waals surface area contributed by atoms with Crippen molar-refractivity contribution in [1.82, 2.24) is 0 Å². The molecule has 0 aliphatic carbocycles. The first kappa shape index (κ1) is 7.53. The molecule has 0 unspecified atom stereocenters. The second-order valence-corrected chi connectivity index (χ2v) is 2.19. The summed E-state index contributed by atoms with van der Waals surface area (Å²) in [4.78, 5) is 10.4. The number of hydrogen-bond donors (Lipinski definition) is 1. The van der Waals surface area contributed by atoms with Gasteiger partial charge in [-0.15, -0.1) is 0 Å². The molecule has 0 saturated carbocycles. The molecule has 0 fully saturated rings. The molecule has 0 aliphatic rings. The Hall–Kier alpha value is -1.58. The summed E-state index contributed by atoms with van der Waals surface area (Å²) in [6.07, 6.45) is 1.18. The maximum atomic E-state index is 10.7. The van der Waals surface area contributed by atoms with Gasteiger partial charge < -0.3 is 10.3 Å². The zero-order valence-electron chi connectivity index (χ0n) is 5.94. The van der Waals surface area contributed by atoms with Crippen molar-refractivity contribution in [3.05, 3.63) is 34.8 Å². The third-order valence-corrected chi connectivity index (χ3v) is 1.35. The monoisotopic (exact) mass is 153 g/mol. The summed E-state index contributed by atoms with van der Waals surface area (Å²) in [6.45, 7) is 1.56. The molecular weight excluding hydrogens is 146 g/mol. The Morgan fingerprint density at radius 2 is 2.36 bits per heavy atom. The second-order valence-electron chi connectivity index (χ2n) is 2.19. The highest BCUT2D eigenvalue weighted by molar-refractivity contribution is 5.87. The van der Waals surface area contributed by atoms with Gasteiger partial charge in [-0.25, -0.2) is 4.79 Å². The number of aromatic carboxylic acids is 1. The van der Waals surface area contributed by atoms with E-state index >= 15 is 0 Å². The molecule has 4 nitrogen and oxygen atoms in total. The smallest absolute Gasteiger partial charge is 0.336 e. The zero-order chi connectivity index (χ0) is 8.43. The predicted molar refractivity (Wildman–Crippen MR) is 37.1 cm³/mol. The summed E-state index contributed by atoms with van der Waals surface area (Å²) < 4.78 is 0.617. The van der Waals surface area contributed by atoms with Gasteiger partial charge in [0.15, 0.2) is 11.9 Å². The van der Waals surface area contributed by atoms with E-state index in [0.29, 0.717) is 10.4 Å². The van der Waals surface area contributed by atoms with Gasteiger partial charge in [-0.1, -0.05) is 0 Å². The number of carboxylic acids is 1. The lowest BCUT2D eigenvalue weighted by Crippen LogP contribution is -2.29. The Morgan fingerprint density at radius 3 is 2.82 bits per heavy atom. The minimum Gasteiger partial charge on any atom is -0.619 e. The van der Waals surface area contributed by atoms with Gasteiger partial charge in [0.2, 0.25) is 0 Å². The molecule has 0 radical (unpaired) electrons. The highest BCUT2D eigenvalue weighted by atomic mass is 16.5. The van der Waals surface area contributed by atoms with Crippen LogP contribution in [0, 0.1) is 12.1 Å². The third-order valence-electron chi connectivity index (χ3n) is 1.35. The molecule has 0 spiro atoms. The Kier molecular flexibility index (Phi) is 1.76. The van der Waals surface area contributed by atoms with Crippen LogP contribution in [0.15, 0.2) is 18.3 Å². The van der Waals surface area contributed by atoms with Crippen molar-refractivity contribution in [2.24, 2.45) is 0 Å². The summed E-state index contributed by atoms with van der Waals surface area (Å²) in [5.41, 5.74) is 0.513. The minimum atomic E-state index is -1.02. The normalized spacial score (nSPS) is 9.55. The molecule has 1 rings (SSSR count). The molecule has 4 heteroatoms. The van der Waals surface area contributed by atoms with Gasteiger partial charge in [-0.05, 0) is 0 Å². The summed E-state index contributed by atoms with van der Waals surface area (Å²) in [5, 5.41) is 19.2. The number of pyridine rings is 1. The molecule has 1 aromatic rings. The van der Waals surface area contributed by atoms with E-state index in [9.17, 15) is 10.0 Å². The maximum absolute atomic E-state index is 10.7. The van der Waals surface area contributed by atoms with Crippen LogP contribution in [-0.2, 0) is 0 Å². The molecule has 1 heterocycles. The number of aromatic nitrogens is 1. The molecule has 0 amide bonds. The SMILES string of the molecule is Cc1cc(C(=O)O)cc[n+]1[O-]. The molecule has 58 valence electrons. The molecule has 1 N–H and O–H groups in total. The van der Waals surface area contributed by atoms with Gasteiger partial charge >= 0.3 is 5.97 Å². The molecule has 0 atom stereocenters. The Bertz CT molecular complexity index is 296. The number of nitrogens with zero attached hydrogens (tertiary/aromatic N) is 1. The summed E-state index contributed by atoms with van der Waals surface area (Å²) in [7, 11) is 0. The summed E-state index contributed by atoms with van der Waals surface area (Å²) in [5.74, 6) is -1.02.